The number of ether oxygens (including phenoxy) is 1. The minimum atomic E-state index is -5.08. The van der Waals surface area contributed by atoms with Crippen LogP contribution in [-0.2, 0) is 11.3 Å². The number of aromatic carboxylic acids is 1. The Bertz CT molecular complexity index is 1230. The smallest absolute Gasteiger partial charge is 0.490 e. The number of nitrogens with zero attached hydrogens (tertiary/aromatic N) is 1. The molecule has 0 aliphatic heterocycles. The van der Waals surface area contributed by atoms with E-state index in [2.05, 4.69) is 22.4 Å². The number of benzene rings is 2. The van der Waals surface area contributed by atoms with Crippen LogP contribution in [0.5, 0.6) is 5.75 Å². The largest absolute Gasteiger partial charge is 0.497 e. The number of methoxy groups -OCH3 is 1. The average molecular weight is 608 g/mol. The molecule has 4 aliphatic rings. The quantitative estimate of drug-likeness (QED) is 0.149. The zero-order chi connectivity index (χ0) is 30.3. The van der Waals surface area contributed by atoms with Gasteiger partial charge < -0.3 is 25.6 Å². The number of aliphatic imine (C=N–C) groups is 1. The van der Waals surface area contributed by atoms with Crippen molar-refractivity contribution in [1.29, 1.82) is 0 Å². The molecule has 8 nitrogen and oxygen atoms in total. The first-order valence-corrected chi connectivity index (χ1v) is 14.9. The lowest BCUT2D eigenvalue weighted by atomic mass is 9.56. The van der Waals surface area contributed by atoms with Gasteiger partial charge in [-0.3, -0.25) is 0 Å². The van der Waals surface area contributed by atoms with Crippen molar-refractivity contribution in [3.63, 3.8) is 0 Å². The molecule has 0 aromatic heterocycles. The van der Waals surface area contributed by atoms with Crippen molar-refractivity contribution in [3.8, 4) is 5.75 Å². The van der Waals surface area contributed by atoms with E-state index in [0.29, 0.717) is 17.3 Å². The highest BCUT2D eigenvalue weighted by atomic mass is 32.2. The average Bonchev–Trinajstić information content (AvgIpc) is 2.93. The third-order valence-electron chi connectivity index (χ3n) is 7.98. The number of carboxylic acids is 2. The molecule has 4 saturated carbocycles. The van der Waals surface area contributed by atoms with Crippen molar-refractivity contribution in [2.45, 2.75) is 56.0 Å². The van der Waals surface area contributed by atoms with E-state index in [1.165, 1.54) is 38.5 Å². The zero-order valence-corrected chi connectivity index (χ0v) is 24.1. The Balaban J connectivity index is 0.000000517. The highest BCUT2D eigenvalue weighted by Gasteiger charge is 2.50. The van der Waals surface area contributed by atoms with Crippen LogP contribution in [0.15, 0.2) is 53.5 Å². The van der Waals surface area contributed by atoms with Crippen molar-refractivity contribution < 1.29 is 37.7 Å². The summed E-state index contributed by atoms with van der Waals surface area (Å²) >= 11 is 2.18. The van der Waals surface area contributed by atoms with Gasteiger partial charge in [0.1, 0.15) is 5.75 Å². The van der Waals surface area contributed by atoms with Gasteiger partial charge in [-0.05, 0) is 98.2 Å². The minimum Gasteiger partial charge on any atom is -0.497 e. The van der Waals surface area contributed by atoms with Gasteiger partial charge >= 0.3 is 18.1 Å². The SMILES string of the molecule is COc1cccc(CN=C(NCCSC23CC4CC(CC(C4)C2)C3)Nc2ccc(C(=O)O)cc2)c1.O=C(O)C(F)(F)F. The maximum absolute atomic E-state index is 11.2. The molecule has 4 aliphatic carbocycles. The van der Waals surface area contributed by atoms with Crippen LogP contribution in [0.4, 0.5) is 18.9 Å². The van der Waals surface area contributed by atoms with E-state index in [1.807, 2.05) is 24.3 Å². The lowest BCUT2D eigenvalue weighted by Crippen LogP contribution is -2.49. The monoisotopic (exact) mass is 607 g/mol. The molecule has 12 heteroatoms. The molecule has 6 rings (SSSR count). The van der Waals surface area contributed by atoms with Crippen LogP contribution in [0.3, 0.4) is 0 Å². The van der Waals surface area contributed by atoms with Crippen molar-refractivity contribution in [1.82, 2.24) is 5.32 Å². The van der Waals surface area contributed by atoms with Crippen LogP contribution in [-0.4, -0.2) is 58.4 Å². The maximum atomic E-state index is 11.2. The molecule has 0 radical (unpaired) electrons. The van der Waals surface area contributed by atoms with Gasteiger partial charge in [-0.15, -0.1) is 0 Å². The van der Waals surface area contributed by atoms with E-state index < -0.39 is 18.1 Å². The van der Waals surface area contributed by atoms with Crippen LogP contribution in [0.25, 0.3) is 0 Å². The summed E-state index contributed by atoms with van der Waals surface area (Å²) in [5, 5.41) is 23.1. The number of guanidine groups is 1. The summed E-state index contributed by atoms with van der Waals surface area (Å²) in [5.41, 5.74) is 2.14. The molecule has 4 N–H and O–H groups in total. The normalized spacial score (nSPS) is 24.4. The van der Waals surface area contributed by atoms with Gasteiger partial charge in [-0.25, -0.2) is 14.6 Å². The molecule has 0 spiro atoms. The van der Waals surface area contributed by atoms with Crippen molar-refractivity contribution in [2.75, 3.05) is 24.7 Å². The van der Waals surface area contributed by atoms with Crippen LogP contribution >= 0.6 is 11.8 Å². The molecule has 2 aromatic rings. The van der Waals surface area contributed by atoms with Crippen LogP contribution in [0.2, 0.25) is 0 Å². The first-order chi connectivity index (χ1) is 19.9. The lowest BCUT2D eigenvalue weighted by molar-refractivity contribution is -0.192. The highest BCUT2D eigenvalue weighted by Crippen LogP contribution is 2.60. The van der Waals surface area contributed by atoms with E-state index in [4.69, 9.17) is 19.6 Å². The fraction of sp³-hybridized carbons (Fsp3) is 0.500. The molecule has 0 heterocycles. The maximum Gasteiger partial charge on any atom is 0.490 e. The number of carboxylic acid groups (broad SMARTS) is 2. The zero-order valence-electron chi connectivity index (χ0n) is 23.3. The summed E-state index contributed by atoms with van der Waals surface area (Å²) in [4.78, 5) is 24.9. The van der Waals surface area contributed by atoms with Gasteiger partial charge in [0.2, 0.25) is 0 Å². The van der Waals surface area contributed by atoms with Gasteiger partial charge in [-0.1, -0.05) is 12.1 Å². The number of alkyl halides is 3. The lowest BCUT2D eigenvalue weighted by Gasteiger charge is -2.56. The summed E-state index contributed by atoms with van der Waals surface area (Å²) < 4.78 is 37.6. The predicted molar refractivity (Wildman–Crippen MR) is 156 cm³/mol. The van der Waals surface area contributed by atoms with Gasteiger partial charge in [0.05, 0.1) is 19.2 Å². The van der Waals surface area contributed by atoms with Gasteiger partial charge in [0, 0.05) is 22.7 Å². The van der Waals surface area contributed by atoms with E-state index in [9.17, 15) is 23.1 Å². The number of rotatable bonds is 9. The minimum absolute atomic E-state index is 0.269. The Morgan fingerprint density at radius 2 is 1.62 bits per heavy atom. The molecular formula is C30H36F3N3O5S. The van der Waals surface area contributed by atoms with E-state index in [-0.39, 0.29) is 5.56 Å². The van der Waals surface area contributed by atoms with Gasteiger partial charge in [0.25, 0.3) is 0 Å². The second-order valence-electron chi connectivity index (χ2n) is 11.2. The van der Waals surface area contributed by atoms with E-state index in [1.54, 1.807) is 31.4 Å². The van der Waals surface area contributed by atoms with E-state index in [0.717, 1.165) is 47.1 Å². The van der Waals surface area contributed by atoms with Crippen LogP contribution in [0.1, 0.15) is 54.4 Å². The first-order valence-electron chi connectivity index (χ1n) is 13.9. The Kier molecular flexibility index (Phi) is 10.3. The second kappa shape index (κ2) is 13.7. The Morgan fingerprint density at radius 1 is 1.02 bits per heavy atom. The fourth-order valence-corrected chi connectivity index (χ4v) is 8.26. The molecule has 0 saturated heterocycles. The number of aliphatic carboxylic acids is 1. The molecule has 2 aromatic carbocycles. The summed E-state index contributed by atoms with van der Waals surface area (Å²) in [5.74, 6) is 1.80. The third-order valence-corrected chi connectivity index (χ3v) is 9.50. The number of nitrogens with one attached hydrogen (secondary N) is 2. The number of thioether (sulfide) groups is 1. The van der Waals surface area contributed by atoms with Crippen molar-refractivity contribution in [3.05, 3.63) is 59.7 Å². The summed E-state index contributed by atoms with van der Waals surface area (Å²) in [6.45, 7) is 1.35. The fourth-order valence-electron chi connectivity index (χ4n) is 6.56. The molecule has 228 valence electrons. The number of carbonyl (C=O) groups is 2. The number of hydrogen-bond acceptors (Lipinski definition) is 5. The second-order valence-corrected chi connectivity index (χ2v) is 12.8. The molecule has 0 unspecified atom stereocenters. The number of anilines is 1. The first kappa shape index (κ1) is 31.5. The summed E-state index contributed by atoms with van der Waals surface area (Å²) in [6.07, 6.45) is 3.58. The Hall–Kier alpha value is -3.41. The predicted octanol–water partition coefficient (Wildman–Crippen LogP) is 6.29. The summed E-state index contributed by atoms with van der Waals surface area (Å²) in [6, 6.07) is 14.7. The van der Waals surface area contributed by atoms with Crippen LogP contribution < -0.4 is 15.4 Å². The van der Waals surface area contributed by atoms with E-state index >= 15 is 0 Å². The van der Waals surface area contributed by atoms with Crippen molar-refractivity contribution in [2.24, 2.45) is 22.7 Å². The molecule has 4 fully saturated rings. The number of halogens is 3. The van der Waals surface area contributed by atoms with Gasteiger partial charge in [0.15, 0.2) is 5.96 Å². The van der Waals surface area contributed by atoms with Crippen molar-refractivity contribution >= 4 is 35.3 Å². The highest BCUT2D eigenvalue weighted by molar-refractivity contribution is 8.00. The Morgan fingerprint density at radius 3 is 2.14 bits per heavy atom. The molecule has 0 amide bonds. The third kappa shape index (κ3) is 8.80. The summed E-state index contributed by atoms with van der Waals surface area (Å²) in [7, 11) is 1.67. The molecule has 42 heavy (non-hydrogen) atoms. The Labute approximate surface area is 247 Å². The molecule has 0 atom stereocenters. The van der Waals surface area contributed by atoms with Gasteiger partial charge in [-0.2, -0.15) is 24.9 Å². The van der Waals surface area contributed by atoms with Crippen LogP contribution in [0, 0.1) is 17.8 Å². The molecular weight excluding hydrogens is 571 g/mol. The number of hydrogen-bond donors (Lipinski definition) is 4. The topological polar surface area (TPSA) is 120 Å². The molecule has 4 bridgehead atoms. The standard InChI is InChI=1S/C28H35N3O3S.C2HF3O2/c1-34-25-4-2-3-19(14-25)18-30-27(31-24-7-5-23(6-8-24)26(32)33)29-9-10-35-28-15-20-11-21(16-28)13-22(12-20)17-28;3-2(4,5)1(6)7/h2-8,14,20-22H,9-13,15-18H2,1H3,(H,32,33)(H2,29,30,31);(H,6,7).